The summed E-state index contributed by atoms with van der Waals surface area (Å²) >= 11 is 0. The third-order valence-electron chi connectivity index (χ3n) is 3.72. The van der Waals surface area contributed by atoms with Crippen molar-refractivity contribution in [3.63, 3.8) is 0 Å². The molecule has 100 valence electrons. The molecule has 1 saturated carbocycles. The van der Waals surface area contributed by atoms with Crippen LogP contribution in [0.15, 0.2) is 12.1 Å². The summed E-state index contributed by atoms with van der Waals surface area (Å²) in [5.74, 6) is 2.75. The first-order valence-corrected chi connectivity index (χ1v) is 6.02. The second-order valence-corrected chi connectivity index (χ2v) is 4.67. The molecule has 1 aromatic carbocycles. The van der Waals surface area contributed by atoms with Gasteiger partial charge < -0.3 is 19.9 Å². The number of halogens is 1. The van der Waals surface area contributed by atoms with Crippen molar-refractivity contribution in [3.05, 3.63) is 17.7 Å². The fraction of sp³-hybridized carbons (Fsp3) is 0.538. The van der Waals surface area contributed by atoms with E-state index in [2.05, 4.69) is 0 Å². The van der Waals surface area contributed by atoms with Crippen LogP contribution in [0.1, 0.15) is 30.9 Å². The van der Waals surface area contributed by atoms with Crippen LogP contribution in [0.5, 0.6) is 17.2 Å². The largest absolute Gasteiger partial charge is 0.493 e. The fourth-order valence-corrected chi connectivity index (χ4v) is 2.41. The van der Waals surface area contributed by atoms with E-state index in [1.807, 2.05) is 12.1 Å². The lowest BCUT2D eigenvalue weighted by Gasteiger charge is -2.31. The van der Waals surface area contributed by atoms with Crippen LogP contribution in [0.25, 0.3) is 0 Å². The number of benzene rings is 1. The van der Waals surface area contributed by atoms with Gasteiger partial charge in [0.15, 0.2) is 11.5 Å². The molecule has 0 spiro atoms. The Bertz CT molecular complexity index is 434. The zero-order chi connectivity index (χ0) is 11.8. The minimum absolute atomic E-state index is 0. The Morgan fingerprint density at radius 2 is 2.11 bits per heavy atom. The van der Waals surface area contributed by atoms with Gasteiger partial charge in [0.05, 0.1) is 7.11 Å². The van der Waals surface area contributed by atoms with Gasteiger partial charge in [-0.25, -0.2) is 0 Å². The monoisotopic (exact) mass is 271 g/mol. The van der Waals surface area contributed by atoms with Crippen LogP contribution in [0.2, 0.25) is 0 Å². The number of methoxy groups -OCH3 is 1. The van der Waals surface area contributed by atoms with Crippen LogP contribution < -0.4 is 19.9 Å². The van der Waals surface area contributed by atoms with Crippen molar-refractivity contribution in [2.45, 2.75) is 25.3 Å². The molecule has 1 aliphatic heterocycles. The number of hydrogen-bond donors (Lipinski definition) is 1. The molecule has 3 rings (SSSR count). The van der Waals surface area contributed by atoms with Crippen LogP contribution in [0.3, 0.4) is 0 Å². The first-order chi connectivity index (χ1) is 8.29. The minimum atomic E-state index is 0. The lowest BCUT2D eigenvalue weighted by Crippen LogP contribution is -2.26. The van der Waals surface area contributed by atoms with Gasteiger partial charge in [-0.15, -0.1) is 12.4 Å². The minimum Gasteiger partial charge on any atom is -0.493 e. The normalized spacial score (nSPS) is 18.8. The maximum absolute atomic E-state index is 6.27. The highest BCUT2D eigenvalue weighted by Gasteiger charge is 2.28. The van der Waals surface area contributed by atoms with Gasteiger partial charge in [0.25, 0.3) is 0 Å². The molecule has 18 heavy (non-hydrogen) atoms. The Kier molecular flexibility index (Phi) is 3.88. The van der Waals surface area contributed by atoms with Crippen molar-refractivity contribution in [1.82, 2.24) is 0 Å². The van der Waals surface area contributed by atoms with Crippen molar-refractivity contribution in [2.24, 2.45) is 11.7 Å². The number of rotatable bonds is 3. The summed E-state index contributed by atoms with van der Waals surface area (Å²) in [6.07, 6.45) is 3.73. The third kappa shape index (κ3) is 2.10. The first kappa shape index (κ1) is 13.3. The first-order valence-electron chi connectivity index (χ1n) is 6.02. The SMILES string of the molecule is COc1cc([C@H](N)C2CCC2)cc2c1OCO2.Cl. The van der Waals surface area contributed by atoms with Crippen LogP contribution in [0, 0.1) is 5.92 Å². The summed E-state index contributed by atoms with van der Waals surface area (Å²) in [6, 6.07) is 4.02. The molecule has 0 unspecified atom stereocenters. The van der Waals surface area contributed by atoms with Crippen molar-refractivity contribution in [2.75, 3.05) is 13.9 Å². The highest BCUT2D eigenvalue weighted by atomic mass is 35.5. The lowest BCUT2D eigenvalue weighted by molar-refractivity contribution is 0.171. The molecule has 0 amide bonds. The van der Waals surface area contributed by atoms with Gasteiger partial charge in [-0.3, -0.25) is 0 Å². The molecule has 4 nitrogen and oxygen atoms in total. The maximum Gasteiger partial charge on any atom is 0.231 e. The van der Waals surface area contributed by atoms with E-state index in [0.29, 0.717) is 17.4 Å². The van der Waals surface area contributed by atoms with E-state index in [0.717, 1.165) is 11.3 Å². The second-order valence-electron chi connectivity index (χ2n) is 4.67. The average molecular weight is 272 g/mol. The predicted molar refractivity (Wildman–Crippen MR) is 70.6 cm³/mol. The quantitative estimate of drug-likeness (QED) is 0.918. The number of hydrogen-bond acceptors (Lipinski definition) is 4. The topological polar surface area (TPSA) is 53.7 Å². The molecular weight excluding hydrogens is 254 g/mol. The smallest absolute Gasteiger partial charge is 0.231 e. The van der Waals surface area contributed by atoms with Gasteiger partial charge in [-0.2, -0.15) is 0 Å². The molecule has 2 N–H and O–H groups in total. The molecule has 1 aromatic rings. The van der Waals surface area contributed by atoms with E-state index in [1.165, 1.54) is 19.3 Å². The number of ether oxygens (including phenoxy) is 3. The number of nitrogens with two attached hydrogens (primary N) is 1. The van der Waals surface area contributed by atoms with E-state index >= 15 is 0 Å². The van der Waals surface area contributed by atoms with Gasteiger partial charge in [0, 0.05) is 6.04 Å². The van der Waals surface area contributed by atoms with Gasteiger partial charge in [-0.05, 0) is 36.5 Å². The molecule has 2 aliphatic rings. The molecule has 0 bridgehead atoms. The predicted octanol–water partition coefficient (Wildman–Crippen LogP) is 2.65. The van der Waals surface area contributed by atoms with Crippen molar-refractivity contribution in [1.29, 1.82) is 0 Å². The van der Waals surface area contributed by atoms with E-state index in [4.69, 9.17) is 19.9 Å². The van der Waals surface area contributed by atoms with Crippen LogP contribution in [0.4, 0.5) is 0 Å². The Labute approximate surface area is 113 Å². The molecule has 0 aromatic heterocycles. The number of fused-ring (bicyclic) bond motifs is 1. The Morgan fingerprint density at radius 1 is 1.33 bits per heavy atom. The molecule has 1 atom stereocenters. The highest BCUT2D eigenvalue weighted by Crippen LogP contribution is 2.45. The summed E-state index contributed by atoms with van der Waals surface area (Å²) < 4.78 is 16.1. The second kappa shape index (κ2) is 5.24. The van der Waals surface area contributed by atoms with E-state index in [9.17, 15) is 0 Å². The van der Waals surface area contributed by atoms with Gasteiger partial charge in [0.2, 0.25) is 12.5 Å². The van der Waals surface area contributed by atoms with Crippen molar-refractivity contribution < 1.29 is 14.2 Å². The van der Waals surface area contributed by atoms with Gasteiger partial charge in [0.1, 0.15) is 0 Å². The summed E-state index contributed by atoms with van der Waals surface area (Å²) in [6.45, 7) is 0.258. The van der Waals surface area contributed by atoms with E-state index in [-0.39, 0.29) is 25.2 Å². The van der Waals surface area contributed by atoms with Crippen LogP contribution in [-0.2, 0) is 0 Å². The van der Waals surface area contributed by atoms with Gasteiger partial charge in [-0.1, -0.05) is 6.42 Å². The van der Waals surface area contributed by atoms with E-state index in [1.54, 1.807) is 7.11 Å². The molecular formula is C13H18ClNO3. The van der Waals surface area contributed by atoms with Crippen molar-refractivity contribution >= 4 is 12.4 Å². The van der Waals surface area contributed by atoms with Crippen molar-refractivity contribution in [3.8, 4) is 17.2 Å². The van der Waals surface area contributed by atoms with Crippen LogP contribution in [-0.4, -0.2) is 13.9 Å². The lowest BCUT2D eigenvalue weighted by atomic mass is 9.77. The summed E-state index contributed by atoms with van der Waals surface area (Å²) in [5.41, 5.74) is 7.35. The fourth-order valence-electron chi connectivity index (χ4n) is 2.41. The third-order valence-corrected chi connectivity index (χ3v) is 3.72. The summed E-state index contributed by atoms with van der Waals surface area (Å²) in [4.78, 5) is 0. The molecule has 1 heterocycles. The molecule has 5 heteroatoms. The van der Waals surface area contributed by atoms with E-state index < -0.39 is 0 Å². The van der Waals surface area contributed by atoms with Gasteiger partial charge >= 0.3 is 0 Å². The summed E-state index contributed by atoms with van der Waals surface area (Å²) in [7, 11) is 1.63. The zero-order valence-electron chi connectivity index (χ0n) is 10.3. The Balaban J connectivity index is 0.00000120. The summed E-state index contributed by atoms with van der Waals surface area (Å²) in [5, 5.41) is 0. The zero-order valence-corrected chi connectivity index (χ0v) is 11.2. The Morgan fingerprint density at radius 3 is 2.72 bits per heavy atom. The molecule has 1 fully saturated rings. The highest BCUT2D eigenvalue weighted by molar-refractivity contribution is 5.85. The molecule has 0 radical (unpaired) electrons. The van der Waals surface area contributed by atoms with Crippen LogP contribution >= 0.6 is 12.4 Å². The Hall–Kier alpha value is -1.13. The molecule has 1 aliphatic carbocycles. The average Bonchev–Trinajstić information content (AvgIpc) is 2.73. The standard InChI is InChI=1S/C13H17NO3.ClH/c1-15-10-5-9(12(14)8-3-2-4-8)6-11-13(10)17-7-16-11;/h5-6,8,12H,2-4,7,14H2,1H3;1H/t12-;/m1./s1. The molecule has 0 saturated heterocycles. The maximum atomic E-state index is 6.27.